The van der Waals surface area contributed by atoms with Crippen molar-refractivity contribution in [3.8, 4) is 29.1 Å². The Hall–Kier alpha value is -3.78. The van der Waals surface area contributed by atoms with E-state index in [2.05, 4.69) is 28.7 Å². The molecule has 4 rings (SSSR count). The van der Waals surface area contributed by atoms with Gasteiger partial charge in [-0.15, -0.1) is 0 Å². The van der Waals surface area contributed by atoms with Gasteiger partial charge in [-0.05, 0) is 55.4 Å². The monoisotopic (exact) mass is 491 g/mol. The number of phenols is 1. The molecule has 1 aliphatic rings. The Labute approximate surface area is 212 Å². The summed E-state index contributed by atoms with van der Waals surface area (Å²) in [6.45, 7) is 9.83. The maximum Gasteiger partial charge on any atom is 0.319 e. The second-order valence-electron chi connectivity index (χ2n) is 8.44. The molecule has 1 aliphatic heterocycles. The third-order valence-electron chi connectivity index (χ3n) is 6.43. The number of benzene rings is 2. The van der Waals surface area contributed by atoms with Crippen molar-refractivity contribution in [3.63, 3.8) is 0 Å². The van der Waals surface area contributed by atoms with Gasteiger partial charge in [0.2, 0.25) is 5.88 Å². The summed E-state index contributed by atoms with van der Waals surface area (Å²) in [4.78, 5) is 11.0. The highest BCUT2D eigenvalue weighted by molar-refractivity contribution is 5.96. The number of fused-ring (bicyclic) bond motifs is 1. The van der Waals surface area contributed by atoms with Crippen LogP contribution in [0.15, 0.2) is 48.7 Å². The van der Waals surface area contributed by atoms with Crippen LogP contribution in [0, 0.1) is 0 Å². The van der Waals surface area contributed by atoms with Crippen LogP contribution in [0.5, 0.6) is 29.1 Å². The molecule has 1 atom stereocenters. The van der Waals surface area contributed by atoms with Gasteiger partial charge in [0, 0.05) is 29.9 Å². The molecular weight excluding hydrogens is 458 g/mol. The third kappa shape index (κ3) is 5.23. The lowest BCUT2D eigenvalue weighted by molar-refractivity contribution is 0.222. The molecule has 0 radical (unpaired) electrons. The van der Waals surface area contributed by atoms with Crippen LogP contribution in [-0.2, 0) is 0 Å². The average molecular weight is 492 g/mol. The minimum atomic E-state index is -0.477. The quantitative estimate of drug-likeness (QED) is 0.425. The van der Waals surface area contributed by atoms with Crippen molar-refractivity contribution in [2.45, 2.75) is 26.9 Å². The van der Waals surface area contributed by atoms with E-state index in [-0.39, 0.29) is 11.8 Å². The Morgan fingerprint density at radius 1 is 1.00 bits per heavy atom. The standard InChI is InChI=1S/C28H33N3O5/c1-6-31(7-2)14-15-35-21-11-8-19(9-12-21)26-25(23-17-29-28(34-5)30-27(23)33-4)18(3)22-13-10-20(32)16-24(22)36-26/h8-13,16-17,26,32H,6-7,14-15H2,1-5H3. The Morgan fingerprint density at radius 3 is 2.42 bits per heavy atom. The highest BCUT2D eigenvalue weighted by Gasteiger charge is 2.32. The van der Waals surface area contributed by atoms with E-state index in [4.69, 9.17) is 18.9 Å². The van der Waals surface area contributed by atoms with Crippen molar-refractivity contribution < 1.29 is 24.1 Å². The molecule has 3 aromatic rings. The fourth-order valence-electron chi connectivity index (χ4n) is 4.38. The summed E-state index contributed by atoms with van der Waals surface area (Å²) in [5, 5.41) is 10.1. The van der Waals surface area contributed by atoms with Gasteiger partial charge in [-0.25, -0.2) is 4.98 Å². The van der Waals surface area contributed by atoms with Crippen molar-refractivity contribution in [1.82, 2.24) is 14.9 Å². The second-order valence-corrected chi connectivity index (χ2v) is 8.44. The molecule has 2 heterocycles. The van der Waals surface area contributed by atoms with E-state index in [1.807, 2.05) is 37.3 Å². The lowest BCUT2D eigenvalue weighted by atomic mass is 9.87. The van der Waals surface area contributed by atoms with Crippen LogP contribution < -0.4 is 18.9 Å². The molecule has 0 spiro atoms. The van der Waals surface area contributed by atoms with Crippen molar-refractivity contribution in [1.29, 1.82) is 0 Å². The first-order valence-corrected chi connectivity index (χ1v) is 12.1. The maximum absolute atomic E-state index is 10.1. The second kappa shape index (κ2) is 11.3. The van der Waals surface area contributed by atoms with E-state index in [1.54, 1.807) is 25.4 Å². The van der Waals surface area contributed by atoms with E-state index < -0.39 is 6.10 Å². The van der Waals surface area contributed by atoms with Crippen LogP contribution in [0.4, 0.5) is 0 Å². The van der Waals surface area contributed by atoms with Gasteiger partial charge < -0.3 is 29.0 Å². The predicted molar refractivity (Wildman–Crippen MR) is 139 cm³/mol. The topological polar surface area (TPSA) is 86.2 Å². The summed E-state index contributed by atoms with van der Waals surface area (Å²) in [5.74, 6) is 1.94. The molecule has 0 amide bonds. The number of hydrogen-bond donors (Lipinski definition) is 1. The highest BCUT2D eigenvalue weighted by Crippen LogP contribution is 2.49. The summed E-state index contributed by atoms with van der Waals surface area (Å²) in [5.41, 5.74) is 4.37. The van der Waals surface area contributed by atoms with Crippen LogP contribution in [0.25, 0.3) is 11.1 Å². The molecule has 190 valence electrons. The number of rotatable bonds is 10. The van der Waals surface area contributed by atoms with E-state index >= 15 is 0 Å². The van der Waals surface area contributed by atoms with Crippen molar-refractivity contribution in [3.05, 3.63) is 65.4 Å². The molecule has 0 fully saturated rings. The van der Waals surface area contributed by atoms with E-state index in [0.717, 1.165) is 47.7 Å². The zero-order valence-corrected chi connectivity index (χ0v) is 21.4. The Morgan fingerprint density at radius 2 is 1.75 bits per heavy atom. The summed E-state index contributed by atoms with van der Waals surface area (Å²) in [6.07, 6.45) is 1.21. The maximum atomic E-state index is 10.1. The molecule has 1 aromatic heterocycles. The van der Waals surface area contributed by atoms with Crippen LogP contribution in [-0.4, -0.2) is 60.4 Å². The molecule has 36 heavy (non-hydrogen) atoms. The Bertz CT molecular complexity index is 1220. The van der Waals surface area contributed by atoms with Crippen molar-refractivity contribution in [2.24, 2.45) is 0 Å². The normalized spacial score (nSPS) is 14.9. The summed E-state index contributed by atoms with van der Waals surface area (Å²) >= 11 is 0. The zero-order chi connectivity index (χ0) is 25.7. The van der Waals surface area contributed by atoms with Crippen LogP contribution in [0.2, 0.25) is 0 Å². The van der Waals surface area contributed by atoms with Gasteiger partial charge in [0.25, 0.3) is 0 Å². The summed E-state index contributed by atoms with van der Waals surface area (Å²) in [6, 6.07) is 13.2. The molecule has 8 heteroatoms. The molecule has 0 saturated heterocycles. The molecule has 2 aromatic carbocycles. The Kier molecular flexibility index (Phi) is 7.95. The van der Waals surface area contributed by atoms with Gasteiger partial charge >= 0.3 is 6.01 Å². The van der Waals surface area contributed by atoms with E-state index in [1.165, 1.54) is 7.11 Å². The minimum Gasteiger partial charge on any atom is -0.508 e. The highest BCUT2D eigenvalue weighted by atomic mass is 16.5. The predicted octanol–water partition coefficient (Wildman–Crippen LogP) is 4.98. The van der Waals surface area contributed by atoms with E-state index in [9.17, 15) is 5.11 Å². The largest absolute Gasteiger partial charge is 0.508 e. The van der Waals surface area contributed by atoms with Gasteiger partial charge in [0.15, 0.2) is 0 Å². The molecule has 0 aliphatic carbocycles. The fraction of sp³-hybridized carbons (Fsp3) is 0.357. The number of methoxy groups -OCH3 is 2. The first kappa shape index (κ1) is 25.3. The fourth-order valence-corrected chi connectivity index (χ4v) is 4.38. The van der Waals surface area contributed by atoms with Crippen molar-refractivity contribution in [2.75, 3.05) is 40.5 Å². The van der Waals surface area contributed by atoms with Gasteiger partial charge in [0.1, 0.15) is 30.0 Å². The summed E-state index contributed by atoms with van der Waals surface area (Å²) in [7, 11) is 3.08. The van der Waals surface area contributed by atoms with Gasteiger partial charge in [-0.3, -0.25) is 0 Å². The molecule has 0 bridgehead atoms. The smallest absolute Gasteiger partial charge is 0.319 e. The molecule has 1 N–H and O–H groups in total. The van der Waals surface area contributed by atoms with E-state index in [0.29, 0.717) is 23.8 Å². The van der Waals surface area contributed by atoms with Gasteiger partial charge in [-0.2, -0.15) is 4.98 Å². The number of ether oxygens (including phenoxy) is 4. The molecule has 1 unspecified atom stereocenters. The lowest BCUT2D eigenvalue weighted by Gasteiger charge is -2.31. The first-order chi connectivity index (χ1) is 17.5. The van der Waals surface area contributed by atoms with Gasteiger partial charge in [-0.1, -0.05) is 26.0 Å². The van der Waals surface area contributed by atoms with Crippen LogP contribution >= 0.6 is 0 Å². The number of nitrogens with zero attached hydrogens (tertiary/aromatic N) is 3. The number of likely N-dealkylation sites (N-methyl/N-ethyl adjacent to an activating group) is 1. The molecule has 8 nitrogen and oxygen atoms in total. The van der Waals surface area contributed by atoms with Crippen LogP contribution in [0.3, 0.4) is 0 Å². The van der Waals surface area contributed by atoms with Gasteiger partial charge in [0.05, 0.1) is 19.8 Å². The number of hydrogen-bond acceptors (Lipinski definition) is 8. The molecule has 0 saturated carbocycles. The first-order valence-electron chi connectivity index (χ1n) is 12.1. The third-order valence-corrected chi connectivity index (χ3v) is 6.43. The SMILES string of the molecule is CCN(CC)CCOc1ccc(C2Oc3cc(O)ccc3C(C)=C2c2cnc(OC)nc2OC)cc1. The molecular formula is C28H33N3O5. The lowest BCUT2D eigenvalue weighted by Crippen LogP contribution is -2.27. The number of phenolic OH excluding ortho intramolecular Hbond substituents is 1. The number of aromatic nitrogens is 2. The van der Waals surface area contributed by atoms with Crippen molar-refractivity contribution >= 4 is 11.1 Å². The number of allylic oxidation sites excluding steroid dienone is 1. The Balaban J connectivity index is 1.70. The average Bonchev–Trinajstić information content (AvgIpc) is 2.91. The van der Waals surface area contributed by atoms with Crippen LogP contribution in [0.1, 0.15) is 43.6 Å². The number of aromatic hydroxyl groups is 1. The summed E-state index contributed by atoms with van der Waals surface area (Å²) < 4.78 is 23.2. The minimum absolute atomic E-state index is 0.145. The zero-order valence-electron chi connectivity index (χ0n) is 21.4.